The number of aliphatic imine (C=N–C) groups is 1. The van der Waals surface area contributed by atoms with Crippen molar-refractivity contribution >= 4 is 11.7 Å². The fourth-order valence-corrected chi connectivity index (χ4v) is 2.34. The van der Waals surface area contributed by atoms with Crippen molar-refractivity contribution in [1.29, 1.82) is 0 Å². The number of nitrogens with one attached hydrogen (secondary N) is 1. The molecule has 0 saturated carbocycles. The van der Waals surface area contributed by atoms with Crippen LogP contribution in [0.4, 0.5) is 0 Å². The van der Waals surface area contributed by atoms with Crippen molar-refractivity contribution in [2.24, 2.45) is 4.99 Å². The Kier molecular flexibility index (Phi) is 3.80. The molecule has 1 amide bonds. The van der Waals surface area contributed by atoms with Gasteiger partial charge in [0.05, 0.1) is 5.84 Å². The molecule has 2 aliphatic heterocycles. The Morgan fingerprint density at radius 2 is 2.06 bits per heavy atom. The monoisotopic (exact) mass is 223 g/mol. The van der Waals surface area contributed by atoms with Crippen molar-refractivity contribution in [3.63, 3.8) is 0 Å². The van der Waals surface area contributed by atoms with Gasteiger partial charge in [-0.15, -0.1) is 0 Å². The van der Waals surface area contributed by atoms with Crippen LogP contribution in [-0.4, -0.2) is 42.3 Å². The lowest BCUT2D eigenvalue weighted by atomic mass is 10.1. The summed E-state index contributed by atoms with van der Waals surface area (Å²) in [5.74, 6) is 1.25. The number of carbonyl (C=O) groups is 1. The van der Waals surface area contributed by atoms with Gasteiger partial charge < -0.3 is 10.2 Å². The van der Waals surface area contributed by atoms with Gasteiger partial charge in [-0.1, -0.05) is 0 Å². The highest BCUT2D eigenvalue weighted by molar-refractivity contribution is 5.90. The summed E-state index contributed by atoms with van der Waals surface area (Å²) in [5.41, 5.74) is 0. The van der Waals surface area contributed by atoms with Crippen molar-refractivity contribution in [2.45, 2.75) is 45.1 Å². The van der Waals surface area contributed by atoms with Crippen LogP contribution in [0, 0.1) is 0 Å². The maximum absolute atomic E-state index is 12.0. The summed E-state index contributed by atoms with van der Waals surface area (Å²) in [6, 6.07) is -0.116. The predicted molar refractivity (Wildman–Crippen MR) is 64.6 cm³/mol. The number of carbonyl (C=O) groups excluding carboxylic acids is 1. The number of hydrogen-bond donors (Lipinski definition) is 1. The lowest BCUT2D eigenvalue weighted by molar-refractivity contribution is -0.131. The Morgan fingerprint density at radius 3 is 2.69 bits per heavy atom. The quantitative estimate of drug-likeness (QED) is 0.763. The molecule has 0 aromatic rings. The van der Waals surface area contributed by atoms with E-state index in [1.54, 1.807) is 0 Å². The van der Waals surface area contributed by atoms with E-state index in [0.717, 1.165) is 44.7 Å². The van der Waals surface area contributed by atoms with Crippen LogP contribution in [0.3, 0.4) is 0 Å². The zero-order valence-corrected chi connectivity index (χ0v) is 10.0. The van der Waals surface area contributed by atoms with Gasteiger partial charge in [0.15, 0.2) is 0 Å². The highest BCUT2D eigenvalue weighted by Gasteiger charge is 2.23. The topological polar surface area (TPSA) is 44.7 Å². The molecule has 0 aromatic heterocycles. The van der Waals surface area contributed by atoms with E-state index in [1.807, 2.05) is 11.8 Å². The van der Waals surface area contributed by atoms with Gasteiger partial charge in [0, 0.05) is 26.1 Å². The van der Waals surface area contributed by atoms with E-state index in [4.69, 9.17) is 0 Å². The number of rotatable bonds is 2. The van der Waals surface area contributed by atoms with E-state index in [1.165, 1.54) is 12.8 Å². The van der Waals surface area contributed by atoms with Crippen LogP contribution in [0.2, 0.25) is 0 Å². The fourth-order valence-electron chi connectivity index (χ4n) is 2.34. The molecule has 0 radical (unpaired) electrons. The molecule has 2 rings (SSSR count). The molecule has 90 valence electrons. The van der Waals surface area contributed by atoms with Gasteiger partial charge >= 0.3 is 0 Å². The van der Waals surface area contributed by atoms with Gasteiger partial charge in [-0.25, -0.2) is 0 Å². The second-order valence-corrected chi connectivity index (χ2v) is 4.68. The maximum Gasteiger partial charge on any atom is 0.244 e. The minimum atomic E-state index is -0.116. The number of amides is 1. The number of nitrogens with zero attached hydrogens (tertiary/aromatic N) is 2. The van der Waals surface area contributed by atoms with E-state index in [-0.39, 0.29) is 11.9 Å². The van der Waals surface area contributed by atoms with Crippen LogP contribution in [-0.2, 0) is 4.79 Å². The molecule has 1 fully saturated rings. The fraction of sp³-hybridized carbons (Fsp3) is 0.833. The molecule has 1 N–H and O–H groups in total. The Bertz CT molecular complexity index is 282. The summed E-state index contributed by atoms with van der Waals surface area (Å²) in [4.78, 5) is 18.4. The van der Waals surface area contributed by atoms with Gasteiger partial charge in [-0.2, -0.15) is 0 Å². The van der Waals surface area contributed by atoms with Gasteiger partial charge in [-0.3, -0.25) is 9.79 Å². The van der Waals surface area contributed by atoms with E-state index < -0.39 is 0 Å². The SMILES string of the molecule is CC(NC1=NCCCC1)C(=O)N1CCCC1. The van der Waals surface area contributed by atoms with Crippen molar-refractivity contribution in [3.8, 4) is 0 Å². The normalized spacial score (nSPS) is 22.8. The second-order valence-electron chi connectivity index (χ2n) is 4.68. The molecule has 0 spiro atoms. The summed E-state index contributed by atoms with van der Waals surface area (Å²) in [6.07, 6.45) is 5.67. The van der Waals surface area contributed by atoms with Gasteiger partial charge in [0.1, 0.15) is 6.04 Å². The average Bonchev–Trinajstić information content (AvgIpc) is 2.83. The summed E-state index contributed by atoms with van der Waals surface area (Å²) in [7, 11) is 0. The molecule has 0 aromatic carbocycles. The third kappa shape index (κ3) is 2.74. The van der Waals surface area contributed by atoms with Gasteiger partial charge in [0.25, 0.3) is 0 Å². The molecular weight excluding hydrogens is 202 g/mol. The summed E-state index contributed by atoms with van der Waals surface area (Å²) >= 11 is 0. The third-order valence-corrected chi connectivity index (χ3v) is 3.30. The predicted octanol–water partition coefficient (Wildman–Crippen LogP) is 1.17. The van der Waals surface area contributed by atoms with Crippen LogP contribution in [0.5, 0.6) is 0 Å². The molecule has 2 aliphatic rings. The third-order valence-electron chi connectivity index (χ3n) is 3.30. The largest absolute Gasteiger partial charge is 0.362 e. The van der Waals surface area contributed by atoms with Crippen LogP contribution >= 0.6 is 0 Å². The molecule has 0 aliphatic carbocycles. The first-order valence-corrected chi connectivity index (χ1v) is 6.36. The lowest BCUT2D eigenvalue weighted by Gasteiger charge is -2.23. The van der Waals surface area contributed by atoms with E-state index in [9.17, 15) is 4.79 Å². The molecule has 4 nitrogen and oxygen atoms in total. The molecule has 4 heteroatoms. The molecule has 1 unspecified atom stereocenters. The number of likely N-dealkylation sites (tertiary alicyclic amines) is 1. The molecule has 2 heterocycles. The first kappa shape index (κ1) is 11.4. The van der Waals surface area contributed by atoms with E-state index in [0.29, 0.717) is 0 Å². The first-order valence-electron chi connectivity index (χ1n) is 6.36. The zero-order valence-electron chi connectivity index (χ0n) is 10.0. The molecule has 16 heavy (non-hydrogen) atoms. The maximum atomic E-state index is 12.0. The molecule has 1 saturated heterocycles. The van der Waals surface area contributed by atoms with Crippen molar-refractivity contribution in [2.75, 3.05) is 19.6 Å². The molecule has 0 bridgehead atoms. The standard InChI is InChI=1S/C12H21N3O/c1-10(12(16)15-8-4-5-9-15)14-11-6-2-3-7-13-11/h10H,2-9H2,1H3,(H,13,14). The van der Waals surface area contributed by atoms with Crippen molar-refractivity contribution in [1.82, 2.24) is 10.2 Å². The van der Waals surface area contributed by atoms with Crippen molar-refractivity contribution in [3.05, 3.63) is 0 Å². The summed E-state index contributed by atoms with van der Waals surface area (Å²) < 4.78 is 0. The number of hydrogen-bond acceptors (Lipinski definition) is 3. The molecule has 1 atom stereocenters. The first-order chi connectivity index (χ1) is 7.77. The van der Waals surface area contributed by atoms with Crippen LogP contribution in [0.25, 0.3) is 0 Å². The Balaban J connectivity index is 1.84. The smallest absolute Gasteiger partial charge is 0.244 e. The van der Waals surface area contributed by atoms with Crippen molar-refractivity contribution < 1.29 is 4.79 Å². The van der Waals surface area contributed by atoms with Crippen LogP contribution < -0.4 is 5.32 Å². The highest BCUT2D eigenvalue weighted by Crippen LogP contribution is 2.10. The summed E-state index contributed by atoms with van der Waals surface area (Å²) in [6.45, 7) is 4.71. The molecular formula is C12H21N3O. The Labute approximate surface area is 97.1 Å². The van der Waals surface area contributed by atoms with Gasteiger partial charge in [0.2, 0.25) is 5.91 Å². The zero-order chi connectivity index (χ0) is 11.4. The van der Waals surface area contributed by atoms with E-state index >= 15 is 0 Å². The second kappa shape index (κ2) is 5.32. The van der Waals surface area contributed by atoms with E-state index in [2.05, 4.69) is 10.3 Å². The highest BCUT2D eigenvalue weighted by atomic mass is 16.2. The Hall–Kier alpha value is -1.06. The minimum absolute atomic E-state index is 0.116. The Morgan fingerprint density at radius 1 is 1.31 bits per heavy atom. The van der Waals surface area contributed by atoms with Crippen LogP contribution in [0.15, 0.2) is 4.99 Å². The number of amidine groups is 1. The lowest BCUT2D eigenvalue weighted by Crippen LogP contribution is -2.46. The summed E-state index contributed by atoms with van der Waals surface area (Å²) in [5, 5.41) is 3.25. The van der Waals surface area contributed by atoms with Gasteiger partial charge in [-0.05, 0) is 32.6 Å². The van der Waals surface area contributed by atoms with Crippen LogP contribution in [0.1, 0.15) is 39.0 Å². The average molecular weight is 223 g/mol. The minimum Gasteiger partial charge on any atom is -0.362 e.